The van der Waals surface area contributed by atoms with Crippen molar-refractivity contribution in [3.8, 4) is 0 Å². The number of hydrogen-bond acceptors (Lipinski definition) is 2. The molecule has 1 aliphatic heterocycles. The maximum atomic E-state index is 11.3. The fraction of sp³-hybridized carbons (Fsp3) is 0.923. The van der Waals surface area contributed by atoms with Crippen LogP contribution in [0.25, 0.3) is 0 Å². The maximum absolute atomic E-state index is 11.3. The largest absolute Gasteiger partial charge is 0.465 e. The summed E-state index contributed by atoms with van der Waals surface area (Å²) >= 11 is 0. The van der Waals surface area contributed by atoms with Gasteiger partial charge in [-0.2, -0.15) is 0 Å². The van der Waals surface area contributed by atoms with Gasteiger partial charge in [0.1, 0.15) is 0 Å². The molecule has 0 aromatic rings. The molecule has 0 saturated carbocycles. The Hall–Kier alpha value is -0.570. The Bertz CT molecular complexity index is 247. The number of ether oxygens (including phenoxy) is 1. The zero-order chi connectivity index (χ0) is 12.4. The van der Waals surface area contributed by atoms with Crippen LogP contribution in [0.5, 0.6) is 0 Å². The van der Waals surface area contributed by atoms with Crippen LogP contribution >= 0.6 is 0 Å². The lowest BCUT2D eigenvalue weighted by atomic mass is 9.75. The molecule has 3 heteroatoms. The average molecular weight is 228 g/mol. The normalized spacial score (nSPS) is 31.2. The molecule has 0 aromatic carbocycles. The molecule has 0 atom stereocenters. The first kappa shape index (κ1) is 13.5. The monoisotopic (exact) mass is 228 g/mol. The summed E-state index contributed by atoms with van der Waals surface area (Å²) in [5.74, 6) is 0.702. The van der Waals surface area contributed by atoms with Gasteiger partial charge in [-0.05, 0) is 11.3 Å². The van der Waals surface area contributed by atoms with Crippen molar-refractivity contribution in [1.29, 1.82) is 0 Å². The van der Waals surface area contributed by atoms with Gasteiger partial charge < -0.3 is 9.22 Å². The van der Waals surface area contributed by atoms with Crippen LogP contribution in [0.4, 0.5) is 0 Å². The van der Waals surface area contributed by atoms with E-state index in [1.807, 2.05) is 0 Å². The van der Waals surface area contributed by atoms with E-state index in [1.54, 1.807) is 0 Å². The number of carbonyl (C=O) groups excluding carboxylic acids is 1. The van der Waals surface area contributed by atoms with Gasteiger partial charge >= 0.3 is 5.97 Å². The van der Waals surface area contributed by atoms with Crippen LogP contribution < -0.4 is 0 Å². The van der Waals surface area contributed by atoms with Gasteiger partial charge in [-0.3, -0.25) is 0 Å². The third-order valence-corrected chi connectivity index (χ3v) is 4.00. The maximum Gasteiger partial charge on any atom is 0.361 e. The Morgan fingerprint density at radius 1 is 1.31 bits per heavy atom. The summed E-state index contributed by atoms with van der Waals surface area (Å²) in [7, 11) is 3.63. The molecule has 94 valence electrons. The molecule has 0 aliphatic carbocycles. The van der Waals surface area contributed by atoms with Crippen LogP contribution in [0, 0.1) is 11.3 Å². The van der Waals surface area contributed by atoms with Crippen LogP contribution in [-0.4, -0.2) is 44.2 Å². The minimum absolute atomic E-state index is 0.0864. The van der Waals surface area contributed by atoms with Crippen molar-refractivity contribution >= 4 is 5.97 Å². The molecule has 0 amide bonds. The fourth-order valence-corrected chi connectivity index (χ4v) is 2.59. The first-order valence-corrected chi connectivity index (χ1v) is 6.17. The summed E-state index contributed by atoms with van der Waals surface area (Å²) in [5.41, 5.74) is 0.399. The number of piperidine rings is 1. The molecule has 1 saturated heterocycles. The van der Waals surface area contributed by atoms with E-state index in [9.17, 15) is 4.79 Å². The van der Waals surface area contributed by atoms with E-state index in [0.29, 0.717) is 12.0 Å². The summed E-state index contributed by atoms with van der Waals surface area (Å²) in [5, 5.41) is 0. The van der Waals surface area contributed by atoms with Gasteiger partial charge in [-0.1, -0.05) is 20.8 Å². The minimum Gasteiger partial charge on any atom is -0.465 e. The van der Waals surface area contributed by atoms with Crippen molar-refractivity contribution in [1.82, 2.24) is 0 Å². The number of rotatable bonds is 2. The van der Waals surface area contributed by atoms with Crippen LogP contribution in [0.2, 0.25) is 0 Å². The van der Waals surface area contributed by atoms with E-state index in [1.165, 1.54) is 20.0 Å². The second kappa shape index (κ2) is 4.74. The summed E-state index contributed by atoms with van der Waals surface area (Å²) < 4.78 is 5.60. The molecule has 1 aliphatic rings. The molecule has 0 N–H and O–H groups in total. The van der Waals surface area contributed by atoms with Gasteiger partial charge in [0.2, 0.25) is 0 Å². The van der Waals surface area contributed by atoms with E-state index in [4.69, 9.17) is 4.74 Å². The molecule has 0 aromatic heterocycles. The molecule has 3 nitrogen and oxygen atoms in total. The highest BCUT2D eigenvalue weighted by molar-refractivity contribution is 5.70. The number of methoxy groups -OCH3 is 1. The first-order valence-electron chi connectivity index (χ1n) is 6.17. The van der Waals surface area contributed by atoms with E-state index in [-0.39, 0.29) is 5.97 Å². The van der Waals surface area contributed by atoms with Crippen molar-refractivity contribution < 1.29 is 14.0 Å². The van der Waals surface area contributed by atoms with Crippen molar-refractivity contribution in [2.45, 2.75) is 33.6 Å². The zero-order valence-corrected chi connectivity index (χ0v) is 11.4. The van der Waals surface area contributed by atoms with Gasteiger partial charge in [0, 0.05) is 12.8 Å². The Morgan fingerprint density at radius 2 is 1.81 bits per heavy atom. The molecular formula is C13H26NO2+. The SMILES string of the molecule is COC(=O)C[N+]1(C)CCC(C(C)(C)C)CC1. The van der Waals surface area contributed by atoms with E-state index in [0.717, 1.165) is 23.5 Å². The highest BCUT2D eigenvalue weighted by Gasteiger charge is 2.36. The third kappa shape index (κ3) is 3.48. The van der Waals surface area contributed by atoms with E-state index in [2.05, 4.69) is 27.8 Å². The number of likely N-dealkylation sites (N-methyl/N-ethyl adjacent to an activating group) is 1. The number of quaternary nitrogens is 1. The van der Waals surface area contributed by atoms with Crippen LogP contribution in [0.3, 0.4) is 0 Å². The van der Waals surface area contributed by atoms with Gasteiger partial charge in [0.25, 0.3) is 0 Å². The number of likely N-dealkylation sites (tertiary alicyclic amines) is 1. The number of nitrogens with zero attached hydrogens (tertiary/aromatic N) is 1. The van der Waals surface area contributed by atoms with E-state index < -0.39 is 0 Å². The molecule has 0 bridgehead atoms. The second-order valence-corrected chi connectivity index (χ2v) is 6.44. The highest BCUT2D eigenvalue weighted by Crippen LogP contribution is 2.35. The van der Waals surface area contributed by atoms with Gasteiger partial charge in [0.05, 0.1) is 27.2 Å². The zero-order valence-electron chi connectivity index (χ0n) is 11.4. The summed E-state index contributed by atoms with van der Waals surface area (Å²) in [4.78, 5) is 11.3. The number of esters is 1. The highest BCUT2D eigenvalue weighted by atomic mass is 16.5. The van der Waals surface area contributed by atoms with Gasteiger partial charge in [0.15, 0.2) is 6.54 Å². The molecule has 16 heavy (non-hydrogen) atoms. The summed E-state index contributed by atoms with van der Waals surface area (Å²) in [6, 6.07) is 0. The average Bonchev–Trinajstić information content (AvgIpc) is 2.16. The molecule has 1 fully saturated rings. The third-order valence-electron chi connectivity index (χ3n) is 4.00. The second-order valence-electron chi connectivity index (χ2n) is 6.44. The first-order chi connectivity index (χ1) is 7.27. The predicted molar refractivity (Wildman–Crippen MR) is 65.0 cm³/mol. The minimum atomic E-state index is -0.0864. The molecular weight excluding hydrogens is 202 g/mol. The molecule has 0 unspecified atom stereocenters. The van der Waals surface area contributed by atoms with Crippen molar-refractivity contribution in [3.05, 3.63) is 0 Å². The Labute approximate surface area is 99.4 Å². The number of carbonyl (C=O) groups is 1. The molecule has 1 rings (SSSR count). The topological polar surface area (TPSA) is 26.3 Å². The predicted octanol–water partition coefficient (Wildman–Crippen LogP) is 2.06. The van der Waals surface area contributed by atoms with Gasteiger partial charge in [-0.15, -0.1) is 0 Å². The van der Waals surface area contributed by atoms with Crippen LogP contribution in [0.1, 0.15) is 33.6 Å². The van der Waals surface area contributed by atoms with Crippen molar-refractivity contribution in [2.75, 3.05) is 33.8 Å². The fourth-order valence-electron chi connectivity index (χ4n) is 2.59. The molecule has 0 spiro atoms. The smallest absolute Gasteiger partial charge is 0.361 e. The Morgan fingerprint density at radius 3 is 2.19 bits per heavy atom. The molecule has 0 radical (unpaired) electrons. The van der Waals surface area contributed by atoms with Crippen molar-refractivity contribution in [2.24, 2.45) is 11.3 Å². The Kier molecular flexibility index (Phi) is 4.00. The van der Waals surface area contributed by atoms with Crippen LogP contribution in [-0.2, 0) is 9.53 Å². The molecule has 1 heterocycles. The lowest BCUT2D eigenvalue weighted by Gasteiger charge is -2.43. The standard InChI is InChI=1S/C13H26NO2/c1-13(2,3)11-6-8-14(4,9-7-11)10-12(15)16-5/h11H,6-10H2,1-5H3/q+1. The van der Waals surface area contributed by atoms with E-state index >= 15 is 0 Å². The quantitative estimate of drug-likeness (QED) is 0.534. The Balaban J connectivity index is 2.50. The lowest BCUT2D eigenvalue weighted by Crippen LogP contribution is -2.53. The van der Waals surface area contributed by atoms with Crippen LogP contribution in [0.15, 0.2) is 0 Å². The van der Waals surface area contributed by atoms with Gasteiger partial charge in [-0.25, -0.2) is 4.79 Å². The summed E-state index contributed by atoms with van der Waals surface area (Å²) in [6.07, 6.45) is 2.44. The number of hydrogen-bond donors (Lipinski definition) is 0. The summed E-state index contributed by atoms with van der Waals surface area (Å²) in [6.45, 7) is 9.65. The van der Waals surface area contributed by atoms with Crippen molar-refractivity contribution in [3.63, 3.8) is 0 Å². The lowest BCUT2D eigenvalue weighted by molar-refractivity contribution is -0.908.